The van der Waals surface area contributed by atoms with E-state index in [2.05, 4.69) is 5.32 Å². The van der Waals surface area contributed by atoms with Crippen LogP contribution in [-0.2, 0) is 22.2 Å². The molecule has 4 nitrogen and oxygen atoms in total. The van der Waals surface area contributed by atoms with Gasteiger partial charge < -0.3 is 10.2 Å². The quantitative estimate of drug-likeness (QED) is 0.914. The molecule has 1 saturated heterocycles. The zero-order valence-corrected chi connectivity index (χ0v) is 13.3. The molecule has 2 aliphatic rings. The molecule has 1 N–H and O–H groups in total. The zero-order valence-electron chi connectivity index (χ0n) is 13.3. The van der Waals surface area contributed by atoms with E-state index in [0.717, 1.165) is 30.5 Å². The molecule has 7 heteroatoms. The number of carbonyl (C=O) groups excluding carboxylic acids is 2. The molecule has 0 radical (unpaired) electrons. The van der Waals surface area contributed by atoms with Crippen molar-refractivity contribution in [3.8, 4) is 0 Å². The maximum absolute atomic E-state index is 12.6. The fourth-order valence-electron chi connectivity index (χ4n) is 3.17. The van der Waals surface area contributed by atoms with Crippen molar-refractivity contribution in [1.82, 2.24) is 10.2 Å². The second-order valence-corrected chi connectivity index (χ2v) is 6.67. The lowest BCUT2D eigenvalue weighted by Gasteiger charge is -2.40. The van der Waals surface area contributed by atoms with Crippen LogP contribution < -0.4 is 5.32 Å². The van der Waals surface area contributed by atoms with E-state index in [4.69, 9.17) is 0 Å². The highest BCUT2D eigenvalue weighted by Gasteiger charge is 2.53. The molecule has 1 aliphatic heterocycles. The number of hydrogen-bond donors (Lipinski definition) is 1. The van der Waals surface area contributed by atoms with Crippen LogP contribution >= 0.6 is 0 Å². The van der Waals surface area contributed by atoms with Gasteiger partial charge in [-0.3, -0.25) is 9.59 Å². The third-order valence-electron chi connectivity index (χ3n) is 4.92. The molecular formula is C17H19F3N2O2. The summed E-state index contributed by atoms with van der Waals surface area (Å²) in [5.41, 5.74) is -0.441. The van der Waals surface area contributed by atoms with Crippen LogP contribution in [0.15, 0.2) is 24.3 Å². The molecule has 1 aromatic rings. The minimum atomic E-state index is -4.35. The molecule has 0 unspecified atom stereocenters. The van der Waals surface area contributed by atoms with Gasteiger partial charge in [0.1, 0.15) is 0 Å². The lowest BCUT2D eigenvalue weighted by atomic mass is 9.90. The van der Waals surface area contributed by atoms with Crippen molar-refractivity contribution >= 4 is 11.8 Å². The highest BCUT2D eigenvalue weighted by atomic mass is 19.4. The first-order valence-corrected chi connectivity index (χ1v) is 7.92. The lowest BCUT2D eigenvalue weighted by Crippen LogP contribution is -2.57. The fourth-order valence-corrected chi connectivity index (χ4v) is 3.17. The second kappa shape index (κ2) is 5.79. The molecule has 0 bridgehead atoms. The molecule has 1 aliphatic carbocycles. The summed E-state index contributed by atoms with van der Waals surface area (Å²) in [4.78, 5) is 25.8. The van der Waals surface area contributed by atoms with Crippen molar-refractivity contribution in [3.05, 3.63) is 35.4 Å². The third-order valence-corrected chi connectivity index (χ3v) is 4.92. The Bertz CT molecular complexity index is 645. The van der Waals surface area contributed by atoms with Crippen molar-refractivity contribution in [2.24, 2.45) is 11.3 Å². The Balaban J connectivity index is 1.61. The van der Waals surface area contributed by atoms with E-state index in [-0.39, 0.29) is 17.7 Å². The SMILES string of the molecule is CNC(=O)C1CN(C(=O)C2(Cc3ccc(C(F)(F)F)cc3)CC2)C1. The molecule has 1 heterocycles. The molecule has 24 heavy (non-hydrogen) atoms. The number of nitrogens with zero attached hydrogens (tertiary/aromatic N) is 1. The Morgan fingerprint density at radius 2 is 1.79 bits per heavy atom. The average Bonchev–Trinajstić information content (AvgIpc) is 3.25. The number of hydrogen-bond acceptors (Lipinski definition) is 2. The van der Waals surface area contributed by atoms with E-state index in [1.165, 1.54) is 12.1 Å². The van der Waals surface area contributed by atoms with Crippen molar-refractivity contribution in [3.63, 3.8) is 0 Å². The summed E-state index contributed by atoms with van der Waals surface area (Å²) in [6, 6.07) is 5.00. The molecule has 2 amide bonds. The van der Waals surface area contributed by atoms with E-state index in [9.17, 15) is 22.8 Å². The Hall–Kier alpha value is -2.05. The number of alkyl halides is 3. The Morgan fingerprint density at radius 3 is 2.25 bits per heavy atom. The summed E-state index contributed by atoms with van der Waals surface area (Å²) in [6.45, 7) is 0.848. The standard InChI is InChI=1S/C17H19F3N2O2/c1-21-14(23)12-9-22(10-12)15(24)16(6-7-16)8-11-2-4-13(5-3-11)17(18,19)20/h2-5,12H,6-10H2,1H3,(H,21,23). The van der Waals surface area contributed by atoms with Gasteiger partial charge in [-0.15, -0.1) is 0 Å². The first-order chi connectivity index (χ1) is 11.2. The first-order valence-electron chi connectivity index (χ1n) is 7.92. The predicted molar refractivity (Wildman–Crippen MR) is 81.0 cm³/mol. The largest absolute Gasteiger partial charge is 0.416 e. The maximum atomic E-state index is 12.6. The lowest BCUT2D eigenvalue weighted by molar-refractivity contribution is -0.147. The van der Waals surface area contributed by atoms with Gasteiger partial charge in [0.2, 0.25) is 11.8 Å². The van der Waals surface area contributed by atoms with Gasteiger partial charge in [-0.05, 0) is 37.0 Å². The summed E-state index contributed by atoms with van der Waals surface area (Å²) in [5, 5.41) is 2.57. The smallest absolute Gasteiger partial charge is 0.359 e. The monoisotopic (exact) mass is 340 g/mol. The molecule has 0 spiro atoms. The first kappa shape index (κ1) is 16.8. The summed E-state index contributed by atoms with van der Waals surface area (Å²) in [6.07, 6.45) is -2.41. The van der Waals surface area contributed by atoms with Crippen LogP contribution in [-0.4, -0.2) is 36.9 Å². The summed E-state index contributed by atoms with van der Waals surface area (Å²) in [5.74, 6) is -0.199. The number of benzene rings is 1. The van der Waals surface area contributed by atoms with Crippen LogP contribution in [0.5, 0.6) is 0 Å². The third kappa shape index (κ3) is 3.12. The molecule has 130 valence electrons. The number of nitrogens with one attached hydrogen (secondary N) is 1. The van der Waals surface area contributed by atoms with Gasteiger partial charge in [0.15, 0.2) is 0 Å². The van der Waals surface area contributed by atoms with Gasteiger partial charge >= 0.3 is 6.18 Å². The highest BCUT2D eigenvalue weighted by Crippen LogP contribution is 2.50. The molecule has 2 fully saturated rings. The van der Waals surface area contributed by atoms with Crippen molar-refractivity contribution in [2.75, 3.05) is 20.1 Å². The number of carbonyl (C=O) groups is 2. The molecule has 0 atom stereocenters. The van der Waals surface area contributed by atoms with Crippen molar-refractivity contribution < 1.29 is 22.8 Å². The van der Waals surface area contributed by atoms with Crippen LogP contribution in [0.3, 0.4) is 0 Å². The van der Waals surface area contributed by atoms with Crippen molar-refractivity contribution in [2.45, 2.75) is 25.4 Å². The predicted octanol–water partition coefficient (Wildman–Crippen LogP) is 2.23. The molecule has 1 aromatic carbocycles. The van der Waals surface area contributed by atoms with Crippen LogP contribution in [0, 0.1) is 11.3 Å². The fraction of sp³-hybridized carbons (Fsp3) is 0.529. The average molecular weight is 340 g/mol. The number of rotatable bonds is 4. The molecule has 1 saturated carbocycles. The molecular weight excluding hydrogens is 321 g/mol. The second-order valence-electron chi connectivity index (χ2n) is 6.67. The van der Waals surface area contributed by atoms with Crippen LogP contribution in [0.4, 0.5) is 13.2 Å². The van der Waals surface area contributed by atoms with Gasteiger partial charge in [0.05, 0.1) is 16.9 Å². The Labute approximate surface area is 138 Å². The van der Waals surface area contributed by atoms with E-state index < -0.39 is 17.2 Å². The van der Waals surface area contributed by atoms with E-state index in [0.29, 0.717) is 19.5 Å². The van der Waals surface area contributed by atoms with E-state index >= 15 is 0 Å². The summed E-state index contributed by atoms with van der Waals surface area (Å²) in [7, 11) is 1.57. The Morgan fingerprint density at radius 1 is 1.21 bits per heavy atom. The van der Waals surface area contributed by atoms with Gasteiger partial charge in [0, 0.05) is 20.1 Å². The van der Waals surface area contributed by atoms with Crippen molar-refractivity contribution in [1.29, 1.82) is 0 Å². The topological polar surface area (TPSA) is 49.4 Å². The van der Waals surface area contributed by atoms with Crippen LogP contribution in [0.2, 0.25) is 0 Å². The van der Waals surface area contributed by atoms with Crippen LogP contribution in [0.1, 0.15) is 24.0 Å². The zero-order chi connectivity index (χ0) is 17.5. The van der Waals surface area contributed by atoms with Gasteiger partial charge in [-0.1, -0.05) is 12.1 Å². The van der Waals surface area contributed by atoms with Crippen LogP contribution in [0.25, 0.3) is 0 Å². The number of halogens is 3. The minimum absolute atomic E-state index is 0.0163. The maximum Gasteiger partial charge on any atom is 0.416 e. The molecule has 3 rings (SSSR count). The van der Waals surface area contributed by atoms with E-state index in [1.54, 1.807) is 11.9 Å². The number of amides is 2. The minimum Gasteiger partial charge on any atom is -0.359 e. The Kier molecular flexibility index (Phi) is 4.05. The summed E-state index contributed by atoms with van der Waals surface area (Å²) < 4.78 is 37.8. The highest BCUT2D eigenvalue weighted by molar-refractivity contribution is 5.89. The van der Waals surface area contributed by atoms with E-state index in [1.807, 2.05) is 0 Å². The normalized spacial score (nSPS) is 19.6. The summed E-state index contributed by atoms with van der Waals surface area (Å²) >= 11 is 0. The van der Waals surface area contributed by atoms with Gasteiger partial charge in [-0.25, -0.2) is 0 Å². The molecule has 0 aromatic heterocycles. The number of likely N-dealkylation sites (tertiary alicyclic amines) is 1. The van der Waals surface area contributed by atoms with Gasteiger partial charge in [0.25, 0.3) is 0 Å². The van der Waals surface area contributed by atoms with Gasteiger partial charge in [-0.2, -0.15) is 13.2 Å².